The molecule has 1 unspecified atom stereocenters. The summed E-state index contributed by atoms with van der Waals surface area (Å²) in [4.78, 5) is 32.8. The summed E-state index contributed by atoms with van der Waals surface area (Å²) in [6.07, 6.45) is 3.14. The first kappa shape index (κ1) is 29.0. The van der Waals surface area contributed by atoms with Crippen molar-refractivity contribution in [3.05, 3.63) is 125 Å². The first-order valence-electron chi connectivity index (χ1n) is 13.8. The molecule has 0 saturated carbocycles. The van der Waals surface area contributed by atoms with Crippen molar-refractivity contribution in [1.82, 2.24) is 20.5 Å². The number of rotatable bonds is 9. The monoisotopic (exact) mass is 572 g/mol. The van der Waals surface area contributed by atoms with Gasteiger partial charge >= 0.3 is 0 Å². The molecule has 1 aliphatic heterocycles. The fraction of sp³-hybridized carbons (Fsp3) is 0.242. The Morgan fingerprint density at radius 2 is 1.71 bits per heavy atom. The third-order valence-electron chi connectivity index (χ3n) is 7.49. The van der Waals surface area contributed by atoms with Crippen LogP contribution in [0.4, 0.5) is 13.2 Å². The van der Waals surface area contributed by atoms with E-state index >= 15 is 0 Å². The summed E-state index contributed by atoms with van der Waals surface area (Å²) in [6, 6.07) is 19.6. The van der Waals surface area contributed by atoms with Gasteiger partial charge in [-0.3, -0.25) is 19.5 Å². The highest BCUT2D eigenvalue weighted by molar-refractivity contribution is 5.95. The van der Waals surface area contributed by atoms with Crippen molar-refractivity contribution in [2.75, 3.05) is 13.6 Å². The van der Waals surface area contributed by atoms with E-state index in [1.807, 2.05) is 30.3 Å². The lowest BCUT2D eigenvalue weighted by Crippen LogP contribution is -2.44. The van der Waals surface area contributed by atoms with Crippen LogP contribution < -0.4 is 10.6 Å². The van der Waals surface area contributed by atoms with Crippen LogP contribution in [0.25, 0.3) is 11.1 Å². The topological polar surface area (TPSA) is 74.3 Å². The molecule has 0 aliphatic carbocycles. The molecular weight excluding hydrogens is 541 g/mol. The Bertz CT molecular complexity index is 1560. The maximum Gasteiger partial charge on any atom is 0.254 e. The second-order valence-corrected chi connectivity index (χ2v) is 10.4. The van der Waals surface area contributed by atoms with Crippen LogP contribution in [0.3, 0.4) is 0 Å². The first-order chi connectivity index (χ1) is 20.3. The molecule has 4 aromatic rings. The molecule has 1 saturated heterocycles. The average Bonchev–Trinajstić information content (AvgIpc) is 3.45. The first-order valence-corrected chi connectivity index (χ1v) is 13.8. The fourth-order valence-corrected chi connectivity index (χ4v) is 5.52. The molecule has 42 heavy (non-hydrogen) atoms. The summed E-state index contributed by atoms with van der Waals surface area (Å²) in [6.45, 7) is 1.38. The van der Waals surface area contributed by atoms with Crippen LogP contribution in [0.1, 0.15) is 46.1 Å². The largest absolute Gasteiger partial charge is 0.355 e. The number of hydrogen-bond acceptors (Lipinski definition) is 4. The van der Waals surface area contributed by atoms with Gasteiger partial charge in [0.05, 0.1) is 23.3 Å². The van der Waals surface area contributed by atoms with Crippen molar-refractivity contribution in [3.63, 3.8) is 0 Å². The van der Waals surface area contributed by atoms with Crippen LogP contribution in [-0.4, -0.2) is 41.3 Å². The molecule has 2 amide bonds. The van der Waals surface area contributed by atoms with Gasteiger partial charge in [0.25, 0.3) is 5.91 Å². The molecule has 0 radical (unpaired) electrons. The van der Waals surface area contributed by atoms with Crippen molar-refractivity contribution in [2.24, 2.45) is 0 Å². The summed E-state index contributed by atoms with van der Waals surface area (Å²) in [5, 5.41) is 5.54. The molecule has 1 fully saturated rings. The Morgan fingerprint density at radius 1 is 0.952 bits per heavy atom. The molecule has 0 bridgehead atoms. The fourth-order valence-electron chi connectivity index (χ4n) is 5.52. The van der Waals surface area contributed by atoms with Gasteiger partial charge in [-0.05, 0) is 72.8 Å². The minimum absolute atomic E-state index is 0.0549. The van der Waals surface area contributed by atoms with Crippen molar-refractivity contribution in [2.45, 2.75) is 37.9 Å². The number of nitrogens with one attached hydrogen (secondary N) is 2. The molecule has 9 heteroatoms. The number of likely N-dealkylation sites (tertiary alicyclic amines) is 1. The lowest BCUT2D eigenvalue weighted by atomic mass is 9.94. The van der Waals surface area contributed by atoms with Gasteiger partial charge in [-0.1, -0.05) is 42.5 Å². The number of benzene rings is 3. The van der Waals surface area contributed by atoms with Crippen LogP contribution in [0.5, 0.6) is 0 Å². The molecule has 2 heterocycles. The second-order valence-electron chi connectivity index (χ2n) is 10.4. The predicted molar refractivity (Wildman–Crippen MR) is 154 cm³/mol. The van der Waals surface area contributed by atoms with E-state index in [2.05, 4.69) is 20.5 Å². The van der Waals surface area contributed by atoms with Gasteiger partial charge in [0.15, 0.2) is 0 Å². The van der Waals surface area contributed by atoms with E-state index in [0.717, 1.165) is 24.6 Å². The molecule has 6 nitrogen and oxygen atoms in total. The lowest BCUT2D eigenvalue weighted by molar-refractivity contribution is -0.126. The van der Waals surface area contributed by atoms with E-state index in [-0.39, 0.29) is 17.9 Å². The summed E-state index contributed by atoms with van der Waals surface area (Å²) in [7, 11) is 1.41. The maximum atomic E-state index is 14.5. The molecule has 0 spiro atoms. The predicted octanol–water partition coefficient (Wildman–Crippen LogP) is 5.59. The SMILES string of the molecule is CNC(=O)c1cc(-c2cccnc2[C@H](Cc2cc(F)cc(F)c2)NC(=O)C2CCCN2Cc2ccccc2)ccc1F. The number of halogens is 3. The summed E-state index contributed by atoms with van der Waals surface area (Å²) >= 11 is 0. The number of carbonyl (C=O) groups is 2. The van der Waals surface area contributed by atoms with Gasteiger partial charge in [-0.15, -0.1) is 0 Å². The zero-order valence-electron chi connectivity index (χ0n) is 23.1. The van der Waals surface area contributed by atoms with Crippen LogP contribution in [0.2, 0.25) is 0 Å². The number of amides is 2. The minimum atomic E-state index is -0.775. The third-order valence-corrected chi connectivity index (χ3v) is 7.49. The van der Waals surface area contributed by atoms with Crippen molar-refractivity contribution >= 4 is 11.8 Å². The van der Waals surface area contributed by atoms with E-state index < -0.39 is 35.4 Å². The second kappa shape index (κ2) is 13.0. The van der Waals surface area contributed by atoms with E-state index in [1.54, 1.807) is 18.3 Å². The van der Waals surface area contributed by atoms with Crippen molar-refractivity contribution in [1.29, 1.82) is 0 Å². The number of aromatic nitrogens is 1. The normalized spacial score (nSPS) is 15.8. The van der Waals surface area contributed by atoms with Gasteiger partial charge in [-0.2, -0.15) is 0 Å². The highest BCUT2D eigenvalue weighted by Crippen LogP contribution is 2.31. The average molecular weight is 573 g/mol. The van der Waals surface area contributed by atoms with Crippen LogP contribution in [0, 0.1) is 17.5 Å². The number of nitrogens with zero attached hydrogens (tertiary/aromatic N) is 2. The van der Waals surface area contributed by atoms with Crippen molar-refractivity contribution < 1.29 is 22.8 Å². The smallest absolute Gasteiger partial charge is 0.254 e. The highest BCUT2D eigenvalue weighted by atomic mass is 19.1. The molecule has 2 atom stereocenters. The summed E-state index contributed by atoms with van der Waals surface area (Å²) < 4.78 is 42.8. The van der Waals surface area contributed by atoms with E-state index in [4.69, 9.17) is 0 Å². The number of hydrogen-bond donors (Lipinski definition) is 2. The zero-order chi connectivity index (χ0) is 29.6. The standard InChI is InChI=1S/C33H31F3N4O2/c1-37-32(41)27-18-23(11-12-28(27)36)26-9-5-13-38-31(26)29(17-22-15-24(34)19-25(35)16-22)39-33(42)30-10-6-14-40(30)20-21-7-3-2-4-8-21/h2-5,7-9,11-13,15-16,18-19,29-30H,6,10,14,17,20H2,1H3,(H,37,41)(H,39,42)/t29-,30?/m0/s1. The molecule has 1 aliphatic rings. The van der Waals surface area contributed by atoms with Crippen LogP contribution in [0.15, 0.2) is 85.1 Å². The quantitative estimate of drug-likeness (QED) is 0.274. The molecule has 216 valence electrons. The molecule has 5 rings (SSSR count). The summed E-state index contributed by atoms with van der Waals surface area (Å²) in [5.41, 5.74) is 2.79. The number of carbonyl (C=O) groups excluding carboxylic acids is 2. The Kier molecular flexibility index (Phi) is 8.97. The van der Waals surface area contributed by atoms with E-state index in [9.17, 15) is 22.8 Å². The van der Waals surface area contributed by atoms with Gasteiger partial charge in [0.2, 0.25) is 5.91 Å². The van der Waals surface area contributed by atoms with Crippen LogP contribution in [-0.2, 0) is 17.8 Å². The van der Waals surface area contributed by atoms with Gasteiger partial charge in [-0.25, -0.2) is 13.2 Å². The zero-order valence-corrected chi connectivity index (χ0v) is 23.1. The molecule has 1 aromatic heterocycles. The third kappa shape index (κ3) is 6.69. The van der Waals surface area contributed by atoms with Gasteiger partial charge < -0.3 is 10.6 Å². The Hall–Kier alpha value is -4.50. The molecular formula is C33H31F3N4O2. The van der Waals surface area contributed by atoms with E-state index in [1.165, 1.54) is 37.4 Å². The Labute approximate surface area is 242 Å². The van der Waals surface area contributed by atoms with Gasteiger partial charge in [0, 0.05) is 31.4 Å². The van der Waals surface area contributed by atoms with Gasteiger partial charge in [0.1, 0.15) is 17.5 Å². The minimum Gasteiger partial charge on any atom is -0.355 e. The Morgan fingerprint density at radius 3 is 2.45 bits per heavy atom. The highest BCUT2D eigenvalue weighted by Gasteiger charge is 2.33. The Balaban J connectivity index is 1.50. The van der Waals surface area contributed by atoms with Crippen molar-refractivity contribution in [3.8, 4) is 11.1 Å². The molecule has 2 N–H and O–H groups in total. The maximum absolute atomic E-state index is 14.5. The van der Waals surface area contributed by atoms with E-state index in [0.29, 0.717) is 35.3 Å². The lowest BCUT2D eigenvalue weighted by Gasteiger charge is -2.27. The van der Waals surface area contributed by atoms with Crippen LogP contribution >= 0.6 is 0 Å². The molecule has 3 aromatic carbocycles. The summed E-state index contributed by atoms with van der Waals surface area (Å²) in [5.74, 6) is -2.93. The number of pyridine rings is 1.